The maximum atomic E-state index is 11.0. The number of thiophene rings is 1. The summed E-state index contributed by atoms with van der Waals surface area (Å²) >= 11 is 1.83. The molecule has 0 radical (unpaired) electrons. The lowest BCUT2D eigenvalue weighted by molar-refractivity contribution is 0.0697. The molecule has 1 heterocycles. The van der Waals surface area contributed by atoms with Crippen molar-refractivity contribution in [2.75, 3.05) is 0 Å². The highest BCUT2D eigenvalue weighted by Crippen LogP contribution is 2.36. The molecule has 0 amide bonds. The van der Waals surface area contributed by atoms with Crippen LogP contribution in [-0.4, -0.2) is 11.1 Å². The van der Waals surface area contributed by atoms with E-state index in [0.717, 1.165) is 12.1 Å². The van der Waals surface area contributed by atoms with Crippen molar-refractivity contribution < 1.29 is 9.90 Å². The van der Waals surface area contributed by atoms with Gasteiger partial charge in [-0.1, -0.05) is 66.7 Å². The second kappa shape index (κ2) is 8.34. The molecule has 5 rings (SSSR count). The summed E-state index contributed by atoms with van der Waals surface area (Å²) in [4.78, 5) is 12.3. The van der Waals surface area contributed by atoms with Crippen molar-refractivity contribution in [3.63, 3.8) is 0 Å². The standard InChI is InChI=1S/C27H21NO2S/c29-27(30)20-10-8-18(9-11-20)16-28-17-24-15-23-6-3-7-25(26(23)31-24)22-13-12-19-4-1-2-5-21(19)14-22/h1-15,28H,16-17H2,(H,29,30). The Hall–Kier alpha value is -3.47. The predicted octanol–water partition coefficient (Wildman–Crippen LogP) is 6.71. The lowest BCUT2D eigenvalue weighted by Crippen LogP contribution is -2.11. The van der Waals surface area contributed by atoms with Crippen molar-refractivity contribution in [3.8, 4) is 11.1 Å². The van der Waals surface area contributed by atoms with Crippen molar-refractivity contribution in [1.82, 2.24) is 5.32 Å². The molecule has 0 fully saturated rings. The van der Waals surface area contributed by atoms with Crippen LogP contribution in [-0.2, 0) is 13.1 Å². The van der Waals surface area contributed by atoms with E-state index in [-0.39, 0.29) is 0 Å². The van der Waals surface area contributed by atoms with Gasteiger partial charge in [0.1, 0.15) is 0 Å². The lowest BCUT2D eigenvalue weighted by Gasteiger charge is -2.06. The third-order valence-electron chi connectivity index (χ3n) is 5.48. The van der Waals surface area contributed by atoms with Gasteiger partial charge in [-0.2, -0.15) is 0 Å². The van der Waals surface area contributed by atoms with Gasteiger partial charge < -0.3 is 10.4 Å². The van der Waals surface area contributed by atoms with Crippen LogP contribution in [0.4, 0.5) is 0 Å². The first-order chi connectivity index (χ1) is 15.2. The molecule has 0 saturated carbocycles. The average Bonchev–Trinajstić information content (AvgIpc) is 3.22. The fourth-order valence-corrected chi connectivity index (χ4v) is 5.05. The summed E-state index contributed by atoms with van der Waals surface area (Å²) in [6.07, 6.45) is 0. The molecule has 5 aromatic rings. The van der Waals surface area contributed by atoms with Gasteiger partial charge >= 0.3 is 5.97 Å². The van der Waals surface area contributed by atoms with Crippen molar-refractivity contribution >= 4 is 38.2 Å². The van der Waals surface area contributed by atoms with Gasteiger partial charge in [-0.25, -0.2) is 4.79 Å². The largest absolute Gasteiger partial charge is 0.478 e. The van der Waals surface area contributed by atoms with Gasteiger partial charge in [0.05, 0.1) is 5.56 Å². The lowest BCUT2D eigenvalue weighted by atomic mass is 10.0. The minimum absolute atomic E-state index is 0.314. The Balaban J connectivity index is 1.36. The second-order valence-electron chi connectivity index (χ2n) is 7.60. The molecule has 4 heteroatoms. The summed E-state index contributed by atoms with van der Waals surface area (Å²) in [5.41, 5.74) is 3.89. The number of hydrogen-bond donors (Lipinski definition) is 2. The fraction of sp³-hybridized carbons (Fsp3) is 0.0741. The number of carbonyl (C=O) groups is 1. The molecule has 0 spiro atoms. The number of rotatable bonds is 6. The number of carboxylic acid groups (broad SMARTS) is 1. The highest BCUT2D eigenvalue weighted by Gasteiger charge is 2.09. The van der Waals surface area contributed by atoms with Gasteiger partial charge in [0.25, 0.3) is 0 Å². The van der Waals surface area contributed by atoms with Crippen molar-refractivity contribution in [2.24, 2.45) is 0 Å². The van der Waals surface area contributed by atoms with E-state index in [2.05, 4.69) is 72.0 Å². The molecule has 0 aliphatic carbocycles. The number of fused-ring (bicyclic) bond motifs is 2. The predicted molar refractivity (Wildman–Crippen MR) is 129 cm³/mol. The number of aromatic carboxylic acids is 1. The zero-order valence-electron chi connectivity index (χ0n) is 16.8. The van der Waals surface area contributed by atoms with Gasteiger partial charge in [-0.3, -0.25) is 0 Å². The minimum Gasteiger partial charge on any atom is -0.478 e. The Morgan fingerprint density at radius 1 is 0.774 bits per heavy atom. The van der Waals surface area contributed by atoms with Crippen LogP contribution in [0.3, 0.4) is 0 Å². The van der Waals surface area contributed by atoms with Crippen LogP contribution in [0.5, 0.6) is 0 Å². The topological polar surface area (TPSA) is 49.3 Å². The van der Waals surface area contributed by atoms with Crippen LogP contribution in [0.2, 0.25) is 0 Å². The number of benzene rings is 4. The van der Waals surface area contributed by atoms with Gasteiger partial charge in [0, 0.05) is 22.7 Å². The Labute approximate surface area is 184 Å². The first-order valence-electron chi connectivity index (χ1n) is 10.2. The molecule has 0 saturated heterocycles. The SMILES string of the molecule is O=C(O)c1ccc(CNCc2cc3cccc(-c4ccc5ccccc5c4)c3s2)cc1. The molecule has 0 aliphatic rings. The van der Waals surface area contributed by atoms with Crippen molar-refractivity contribution in [1.29, 1.82) is 0 Å². The van der Waals surface area contributed by atoms with E-state index >= 15 is 0 Å². The quantitative estimate of drug-likeness (QED) is 0.319. The molecule has 152 valence electrons. The van der Waals surface area contributed by atoms with E-state index in [1.807, 2.05) is 23.5 Å². The number of nitrogens with one attached hydrogen (secondary N) is 1. The molecule has 4 aromatic carbocycles. The van der Waals surface area contributed by atoms with Crippen molar-refractivity contribution in [3.05, 3.63) is 107 Å². The highest BCUT2D eigenvalue weighted by molar-refractivity contribution is 7.19. The number of carboxylic acids is 1. The van der Waals surface area contributed by atoms with Crippen LogP contribution in [0.1, 0.15) is 20.8 Å². The van der Waals surface area contributed by atoms with Crippen molar-refractivity contribution in [2.45, 2.75) is 13.1 Å². The van der Waals surface area contributed by atoms with Crippen LogP contribution >= 0.6 is 11.3 Å². The first-order valence-corrected chi connectivity index (χ1v) is 11.0. The zero-order chi connectivity index (χ0) is 21.2. The van der Waals surface area contributed by atoms with E-state index < -0.39 is 5.97 Å². The molecule has 0 bridgehead atoms. The van der Waals surface area contributed by atoms with E-state index in [4.69, 9.17) is 5.11 Å². The Morgan fingerprint density at radius 2 is 1.55 bits per heavy atom. The monoisotopic (exact) mass is 423 g/mol. The molecule has 0 unspecified atom stereocenters. The third-order valence-corrected chi connectivity index (χ3v) is 6.67. The molecule has 2 N–H and O–H groups in total. The maximum Gasteiger partial charge on any atom is 0.335 e. The van der Waals surface area contributed by atoms with E-state index in [1.54, 1.807) is 12.1 Å². The molecule has 1 aromatic heterocycles. The summed E-state index contributed by atoms with van der Waals surface area (Å²) in [6.45, 7) is 1.48. The van der Waals surface area contributed by atoms with E-state index in [9.17, 15) is 4.79 Å². The summed E-state index contributed by atoms with van der Waals surface area (Å²) in [6, 6.07) is 30.9. The summed E-state index contributed by atoms with van der Waals surface area (Å²) in [5, 5.41) is 16.3. The molecule has 0 aliphatic heterocycles. The number of hydrogen-bond acceptors (Lipinski definition) is 3. The maximum absolute atomic E-state index is 11.0. The van der Waals surface area contributed by atoms with E-state index in [1.165, 1.54) is 36.9 Å². The highest BCUT2D eigenvalue weighted by atomic mass is 32.1. The molecule has 3 nitrogen and oxygen atoms in total. The average molecular weight is 424 g/mol. The minimum atomic E-state index is -0.896. The van der Waals surface area contributed by atoms with Gasteiger partial charge in [0.2, 0.25) is 0 Å². The van der Waals surface area contributed by atoms with E-state index in [0.29, 0.717) is 12.1 Å². The molecule has 0 atom stereocenters. The summed E-state index contributed by atoms with van der Waals surface area (Å²) < 4.78 is 1.31. The van der Waals surface area contributed by atoms with Crippen LogP contribution in [0.25, 0.3) is 32.0 Å². The van der Waals surface area contributed by atoms with Gasteiger partial charge in [-0.15, -0.1) is 11.3 Å². The molecular weight excluding hydrogens is 402 g/mol. The molecular formula is C27H21NO2S. The van der Waals surface area contributed by atoms with Gasteiger partial charge in [0.15, 0.2) is 0 Å². The molecule has 31 heavy (non-hydrogen) atoms. The van der Waals surface area contributed by atoms with Crippen LogP contribution in [0.15, 0.2) is 91.0 Å². The first kappa shape index (κ1) is 19.5. The normalized spacial score (nSPS) is 11.2. The summed E-state index contributed by atoms with van der Waals surface area (Å²) in [7, 11) is 0. The fourth-order valence-electron chi connectivity index (χ4n) is 3.88. The Morgan fingerprint density at radius 3 is 2.35 bits per heavy atom. The smallest absolute Gasteiger partial charge is 0.335 e. The van der Waals surface area contributed by atoms with Crippen LogP contribution in [0, 0.1) is 0 Å². The summed E-state index contributed by atoms with van der Waals surface area (Å²) in [5.74, 6) is -0.896. The second-order valence-corrected chi connectivity index (χ2v) is 8.74. The zero-order valence-corrected chi connectivity index (χ0v) is 17.7. The Bertz CT molecular complexity index is 1390. The Kier molecular flexibility index (Phi) is 5.24. The van der Waals surface area contributed by atoms with Crippen LogP contribution < -0.4 is 5.32 Å². The third kappa shape index (κ3) is 4.08. The van der Waals surface area contributed by atoms with Gasteiger partial charge in [-0.05, 0) is 57.1 Å².